The zero-order valence-corrected chi connectivity index (χ0v) is 18.0. The van der Waals surface area contributed by atoms with Gasteiger partial charge in [0.15, 0.2) is 11.5 Å². The molecule has 1 aromatic heterocycles. The number of aromatic nitrogens is 2. The van der Waals surface area contributed by atoms with E-state index in [0.29, 0.717) is 31.2 Å². The molecule has 0 bridgehead atoms. The van der Waals surface area contributed by atoms with Crippen molar-refractivity contribution in [1.82, 2.24) is 15.1 Å². The molecule has 0 saturated heterocycles. The maximum absolute atomic E-state index is 13.2. The first-order valence-electron chi connectivity index (χ1n) is 10.7. The number of amides is 1. The molecule has 0 fully saturated rings. The molecular formula is C24H27N3O4. The van der Waals surface area contributed by atoms with Crippen LogP contribution in [0.2, 0.25) is 0 Å². The van der Waals surface area contributed by atoms with E-state index in [9.17, 15) is 9.90 Å². The van der Waals surface area contributed by atoms with Crippen LogP contribution in [0.25, 0.3) is 11.3 Å². The van der Waals surface area contributed by atoms with Gasteiger partial charge in [-0.1, -0.05) is 13.0 Å². The highest BCUT2D eigenvalue weighted by Crippen LogP contribution is 2.44. The van der Waals surface area contributed by atoms with E-state index in [0.717, 1.165) is 34.6 Å². The maximum Gasteiger partial charge on any atom is 0.273 e. The molecule has 3 aromatic rings. The first-order chi connectivity index (χ1) is 15.1. The molecule has 2 aromatic carbocycles. The fourth-order valence-electron chi connectivity index (χ4n) is 4.08. The number of nitrogens with one attached hydrogen (secondary N) is 1. The van der Waals surface area contributed by atoms with Gasteiger partial charge in [0.25, 0.3) is 5.91 Å². The number of fused-ring (bicyclic) bond motifs is 1. The van der Waals surface area contributed by atoms with Gasteiger partial charge in [-0.15, -0.1) is 0 Å². The lowest BCUT2D eigenvalue weighted by Gasteiger charge is -2.26. The smallest absolute Gasteiger partial charge is 0.273 e. The third-order valence-electron chi connectivity index (χ3n) is 5.37. The molecule has 0 saturated carbocycles. The summed E-state index contributed by atoms with van der Waals surface area (Å²) in [7, 11) is 0. The van der Waals surface area contributed by atoms with E-state index in [2.05, 4.69) is 10.2 Å². The second kappa shape index (κ2) is 8.71. The summed E-state index contributed by atoms with van der Waals surface area (Å²) in [6.45, 7) is 7.51. The number of H-pyrrole nitrogens is 1. The molecule has 0 aliphatic carbocycles. The van der Waals surface area contributed by atoms with Crippen molar-refractivity contribution in [3.05, 3.63) is 59.3 Å². The molecule has 2 heterocycles. The monoisotopic (exact) mass is 421 g/mol. The van der Waals surface area contributed by atoms with Crippen molar-refractivity contribution >= 4 is 5.91 Å². The highest BCUT2D eigenvalue weighted by Gasteiger charge is 2.42. The lowest BCUT2D eigenvalue weighted by Crippen LogP contribution is -2.30. The maximum atomic E-state index is 13.2. The lowest BCUT2D eigenvalue weighted by molar-refractivity contribution is 0.0743. The molecule has 31 heavy (non-hydrogen) atoms. The molecule has 162 valence electrons. The predicted molar refractivity (Wildman–Crippen MR) is 118 cm³/mol. The van der Waals surface area contributed by atoms with Crippen molar-refractivity contribution in [2.45, 2.75) is 33.2 Å². The molecule has 1 amide bonds. The summed E-state index contributed by atoms with van der Waals surface area (Å²) >= 11 is 0. The highest BCUT2D eigenvalue weighted by molar-refractivity contribution is 6.00. The van der Waals surface area contributed by atoms with Crippen molar-refractivity contribution < 1.29 is 19.4 Å². The molecule has 2 N–H and O–H groups in total. The van der Waals surface area contributed by atoms with Crippen molar-refractivity contribution in [2.24, 2.45) is 0 Å². The molecule has 0 radical (unpaired) electrons. The number of nitrogens with zero attached hydrogens (tertiary/aromatic N) is 2. The molecule has 4 rings (SSSR count). The number of hydrogen-bond acceptors (Lipinski definition) is 5. The largest absolute Gasteiger partial charge is 0.504 e. The van der Waals surface area contributed by atoms with Crippen molar-refractivity contribution in [1.29, 1.82) is 0 Å². The Morgan fingerprint density at radius 2 is 1.81 bits per heavy atom. The molecular weight excluding hydrogens is 394 g/mol. The number of carbonyl (C=O) groups excluding carboxylic acids is 1. The van der Waals surface area contributed by atoms with E-state index in [1.165, 1.54) is 0 Å². The van der Waals surface area contributed by atoms with Gasteiger partial charge in [-0.2, -0.15) is 5.10 Å². The minimum Gasteiger partial charge on any atom is -0.504 e. The number of phenols is 1. The van der Waals surface area contributed by atoms with Crippen LogP contribution in [0, 0.1) is 0 Å². The van der Waals surface area contributed by atoms with E-state index in [1.54, 1.807) is 6.07 Å². The summed E-state index contributed by atoms with van der Waals surface area (Å²) in [4.78, 5) is 15.0. The number of benzene rings is 2. The molecule has 7 heteroatoms. The number of aromatic hydroxyl groups is 1. The van der Waals surface area contributed by atoms with Crippen molar-refractivity contribution in [3.8, 4) is 28.5 Å². The van der Waals surface area contributed by atoms with Gasteiger partial charge in [0.1, 0.15) is 11.4 Å². The number of hydrogen-bond donors (Lipinski definition) is 2. The van der Waals surface area contributed by atoms with E-state index in [4.69, 9.17) is 9.47 Å². The Kier molecular flexibility index (Phi) is 5.84. The highest BCUT2D eigenvalue weighted by atomic mass is 16.5. The van der Waals surface area contributed by atoms with Crippen LogP contribution in [-0.4, -0.2) is 45.9 Å². The van der Waals surface area contributed by atoms with E-state index in [-0.39, 0.29) is 17.7 Å². The summed E-state index contributed by atoms with van der Waals surface area (Å²) in [5, 5.41) is 17.6. The Labute approximate surface area is 181 Å². The van der Waals surface area contributed by atoms with E-state index < -0.39 is 0 Å². The second-order valence-electron chi connectivity index (χ2n) is 7.38. The Bertz CT molecular complexity index is 1070. The third-order valence-corrected chi connectivity index (χ3v) is 5.37. The molecule has 7 nitrogen and oxygen atoms in total. The zero-order valence-electron chi connectivity index (χ0n) is 18.0. The summed E-state index contributed by atoms with van der Waals surface area (Å²) in [6.07, 6.45) is 0.828. The van der Waals surface area contributed by atoms with Crippen LogP contribution < -0.4 is 9.47 Å². The quantitative estimate of drug-likeness (QED) is 0.558. The van der Waals surface area contributed by atoms with Gasteiger partial charge in [0.05, 0.1) is 24.9 Å². The SMILES string of the molecule is CCCN1C(=O)c2[nH]nc(-c3ccc(OCC)cc3)c2[C@@H]1c1ccc(O)c(OCC)c1. The Morgan fingerprint density at radius 3 is 2.48 bits per heavy atom. The molecule has 0 unspecified atom stereocenters. The standard InChI is InChI=1S/C24H27N3O4/c1-4-13-27-23(16-9-12-18(28)19(14-16)31-6-3)20-21(25-26-22(20)24(27)29)15-7-10-17(11-8-15)30-5-2/h7-12,14,23,28H,4-6,13H2,1-3H3,(H,25,26)/t23-/m0/s1. The predicted octanol–water partition coefficient (Wildman–Crippen LogP) is 4.53. The summed E-state index contributed by atoms with van der Waals surface area (Å²) < 4.78 is 11.1. The van der Waals surface area contributed by atoms with Gasteiger partial charge < -0.3 is 19.5 Å². The minimum atomic E-state index is -0.317. The van der Waals surface area contributed by atoms with Gasteiger partial charge in [0, 0.05) is 17.7 Å². The Morgan fingerprint density at radius 1 is 1.06 bits per heavy atom. The van der Waals surface area contributed by atoms with Gasteiger partial charge in [0.2, 0.25) is 0 Å². The van der Waals surface area contributed by atoms with Crippen LogP contribution in [0.4, 0.5) is 0 Å². The number of aromatic amines is 1. The van der Waals surface area contributed by atoms with Crippen LogP contribution in [-0.2, 0) is 0 Å². The summed E-state index contributed by atoms with van der Waals surface area (Å²) in [5.41, 5.74) is 3.86. The van der Waals surface area contributed by atoms with E-state index in [1.807, 2.05) is 62.1 Å². The zero-order chi connectivity index (χ0) is 22.0. The molecule has 0 spiro atoms. The van der Waals surface area contributed by atoms with Crippen LogP contribution in [0.3, 0.4) is 0 Å². The average molecular weight is 421 g/mol. The van der Waals surface area contributed by atoms with Crippen molar-refractivity contribution in [3.63, 3.8) is 0 Å². The Hall–Kier alpha value is -3.48. The number of phenolic OH excluding ortho intramolecular Hbond substituents is 1. The molecule has 1 aliphatic heterocycles. The fourth-order valence-corrected chi connectivity index (χ4v) is 4.08. The van der Waals surface area contributed by atoms with Gasteiger partial charge in [-0.05, 0) is 62.2 Å². The van der Waals surface area contributed by atoms with Gasteiger partial charge >= 0.3 is 0 Å². The lowest BCUT2D eigenvalue weighted by atomic mass is 9.95. The Balaban J connectivity index is 1.82. The summed E-state index contributed by atoms with van der Waals surface area (Å²) in [5.74, 6) is 1.20. The average Bonchev–Trinajstić information content (AvgIpc) is 3.31. The third kappa shape index (κ3) is 3.71. The van der Waals surface area contributed by atoms with Crippen LogP contribution in [0.1, 0.15) is 54.8 Å². The second-order valence-corrected chi connectivity index (χ2v) is 7.38. The first-order valence-corrected chi connectivity index (χ1v) is 10.7. The summed E-state index contributed by atoms with van der Waals surface area (Å²) in [6, 6.07) is 12.7. The fraction of sp³-hybridized carbons (Fsp3) is 0.333. The van der Waals surface area contributed by atoms with Crippen LogP contribution >= 0.6 is 0 Å². The van der Waals surface area contributed by atoms with Crippen molar-refractivity contribution in [2.75, 3.05) is 19.8 Å². The first kappa shape index (κ1) is 20.8. The van der Waals surface area contributed by atoms with Gasteiger partial charge in [-0.25, -0.2) is 0 Å². The normalized spacial score (nSPS) is 15.3. The van der Waals surface area contributed by atoms with Gasteiger partial charge in [-0.3, -0.25) is 9.89 Å². The topological polar surface area (TPSA) is 87.7 Å². The number of carbonyl (C=O) groups is 1. The minimum absolute atomic E-state index is 0.0717. The van der Waals surface area contributed by atoms with Crippen LogP contribution in [0.5, 0.6) is 17.2 Å². The van der Waals surface area contributed by atoms with E-state index >= 15 is 0 Å². The molecule has 1 aliphatic rings. The number of ether oxygens (including phenoxy) is 2. The molecule has 1 atom stereocenters. The van der Waals surface area contributed by atoms with Crippen LogP contribution in [0.15, 0.2) is 42.5 Å². The number of rotatable bonds is 8.